The van der Waals surface area contributed by atoms with Crippen LogP contribution in [0.3, 0.4) is 0 Å². The molecule has 3 saturated carbocycles. The SMILES string of the molecule is CSc1ccc(CC2=C3[C@@H](F)C[C@H]4[C@@H]5C[C@H]6CNO[C@@]6(C(=O)SCF)[C@@]5(C)C[C@H](O)[C@]4(F)[C@@]3(C)C=CC2=O)s1. The fourth-order valence-corrected chi connectivity index (χ4v) is 11.2. The van der Waals surface area contributed by atoms with Crippen LogP contribution in [0.2, 0.25) is 0 Å². The van der Waals surface area contributed by atoms with Gasteiger partial charge in [-0.15, -0.1) is 23.1 Å². The van der Waals surface area contributed by atoms with Crippen LogP contribution in [0.15, 0.2) is 39.6 Å². The predicted molar refractivity (Wildman–Crippen MR) is 147 cm³/mol. The number of thioether (sulfide) groups is 2. The number of aliphatic hydroxyl groups excluding tert-OH is 1. The minimum atomic E-state index is -2.26. The Hall–Kier alpha value is -1.11. The fourth-order valence-electron chi connectivity index (χ4n) is 8.81. The molecule has 5 nitrogen and oxygen atoms in total. The highest BCUT2D eigenvalue weighted by molar-refractivity contribution is 8.13. The van der Waals surface area contributed by atoms with Crippen LogP contribution < -0.4 is 5.48 Å². The topological polar surface area (TPSA) is 75.6 Å². The molecule has 0 radical (unpaired) electrons. The summed E-state index contributed by atoms with van der Waals surface area (Å²) >= 11 is 3.64. The van der Waals surface area contributed by atoms with Gasteiger partial charge in [-0.3, -0.25) is 14.4 Å². The lowest BCUT2D eigenvalue weighted by Crippen LogP contribution is -2.70. The smallest absolute Gasteiger partial charge is 0.226 e. The van der Waals surface area contributed by atoms with Crippen molar-refractivity contribution in [2.75, 3.05) is 18.8 Å². The largest absolute Gasteiger partial charge is 0.390 e. The van der Waals surface area contributed by atoms with E-state index in [9.17, 15) is 19.1 Å². The van der Waals surface area contributed by atoms with Gasteiger partial charge in [0.05, 0.1) is 10.3 Å². The van der Waals surface area contributed by atoms with Crippen molar-refractivity contribution in [2.24, 2.45) is 28.6 Å². The zero-order valence-electron chi connectivity index (χ0n) is 22.0. The number of aliphatic hydroxyl groups is 1. The van der Waals surface area contributed by atoms with Gasteiger partial charge < -0.3 is 5.11 Å². The third-order valence-corrected chi connectivity index (χ3v) is 13.3. The minimum Gasteiger partial charge on any atom is -0.390 e. The highest BCUT2D eigenvalue weighted by Crippen LogP contribution is 2.72. The number of rotatable bonds is 5. The molecule has 11 heteroatoms. The summed E-state index contributed by atoms with van der Waals surface area (Å²) in [6.45, 7) is 3.74. The minimum absolute atomic E-state index is 0.0968. The van der Waals surface area contributed by atoms with Crippen molar-refractivity contribution in [1.29, 1.82) is 0 Å². The van der Waals surface area contributed by atoms with Gasteiger partial charge in [0.15, 0.2) is 17.1 Å². The maximum Gasteiger partial charge on any atom is 0.226 e. The number of hydrogen-bond donors (Lipinski definition) is 2. The van der Waals surface area contributed by atoms with Crippen molar-refractivity contribution in [3.63, 3.8) is 0 Å². The second-order valence-corrected chi connectivity index (χ2v) is 15.0. The average molecular weight is 600 g/mol. The molecule has 5 aliphatic rings. The molecule has 212 valence electrons. The molecule has 4 fully saturated rings. The van der Waals surface area contributed by atoms with E-state index in [-0.39, 0.29) is 42.1 Å². The van der Waals surface area contributed by atoms with Gasteiger partial charge in [0.25, 0.3) is 0 Å². The Bertz CT molecular complexity index is 1290. The lowest BCUT2D eigenvalue weighted by Gasteiger charge is -2.63. The average Bonchev–Trinajstić information content (AvgIpc) is 3.58. The molecule has 39 heavy (non-hydrogen) atoms. The van der Waals surface area contributed by atoms with Crippen molar-refractivity contribution in [3.8, 4) is 0 Å². The molecular formula is C28H32F3NO4S3. The molecule has 1 aromatic heterocycles. The standard InChI is InChI=1S/C28H32F3NO4S3/c1-25-7-6-20(33)16(9-15-4-5-22(37-3)39-15)23(25)19(30)10-18-17-8-14-12-32-36-28(14,24(35)38-13-29)26(17,2)11-21(34)27(18,25)31/h4-7,14,17-19,21,32,34H,8-13H2,1-3H3/t14-,17-,18-,19-,21-,25-,26-,27-,28-/m0/s1. The number of allylic oxidation sites excluding steroid dienone is 4. The summed E-state index contributed by atoms with van der Waals surface area (Å²) in [5, 5.41) is 11.2. The molecule has 0 amide bonds. The summed E-state index contributed by atoms with van der Waals surface area (Å²) in [7, 11) is 0. The zero-order chi connectivity index (χ0) is 28.0. The van der Waals surface area contributed by atoms with E-state index in [2.05, 4.69) is 5.48 Å². The van der Waals surface area contributed by atoms with Gasteiger partial charge >= 0.3 is 0 Å². The Labute approximate surface area is 238 Å². The molecule has 0 unspecified atom stereocenters. The van der Waals surface area contributed by atoms with Gasteiger partial charge in [-0.1, -0.05) is 24.8 Å². The van der Waals surface area contributed by atoms with Crippen molar-refractivity contribution in [1.82, 2.24) is 5.48 Å². The Balaban J connectivity index is 1.45. The maximum absolute atomic E-state index is 17.8. The van der Waals surface area contributed by atoms with E-state index in [1.807, 2.05) is 18.4 Å². The van der Waals surface area contributed by atoms with E-state index in [0.29, 0.717) is 24.7 Å². The summed E-state index contributed by atoms with van der Waals surface area (Å²) in [6.07, 6.45) is 1.90. The number of nitrogens with one attached hydrogen (secondary N) is 1. The zero-order valence-corrected chi connectivity index (χ0v) is 24.4. The molecule has 2 heterocycles. The van der Waals surface area contributed by atoms with Crippen LogP contribution in [0.4, 0.5) is 13.2 Å². The van der Waals surface area contributed by atoms with Gasteiger partial charge in [-0.05, 0) is 62.1 Å². The molecule has 1 aromatic rings. The lowest BCUT2D eigenvalue weighted by atomic mass is 9.44. The summed E-state index contributed by atoms with van der Waals surface area (Å²) in [5.41, 5.74) is -3.07. The van der Waals surface area contributed by atoms with Crippen LogP contribution in [-0.4, -0.2) is 58.4 Å². The molecule has 9 atom stereocenters. The van der Waals surface area contributed by atoms with Crippen LogP contribution in [-0.2, 0) is 20.8 Å². The summed E-state index contributed by atoms with van der Waals surface area (Å²) in [6, 6.07) is 2.95. The molecule has 1 aliphatic heterocycles. The molecule has 1 saturated heterocycles. The summed E-state index contributed by atoms with van der Waals surface area (Å²) in [4.78, 5) is 33.2. The van der Waals surface area contributed by atoms with E-state index in [0.717, 1.165) is 9.09 Å². The number of carbonyl (C=O) groups is 2. The molecule has 2 N–H and O–H groups in total. The van der Waals surface area contributed by atoms with Crippen LogP contribution in [0.1, 0.15) is 38.0 Å². The fraction of sp³-hybridized carbons (Fsp3) is 0.643. The Morgan fingerprint density at radius 3 is 2.74 bits per heavy atom. The number of thiophene rings is 1. The van der Waals surface area contributed by atoms with Gasteiger partial charge in [-0.25, -0.2) is 18.7 Å². The monoisotopic (exact) mass is 599 g/mol. The highest BCUT2D eigenvalue weighted by Gasteiger charge is 2.79. The van der Waals surface area contributed by atoms with Crippen molar-refractivity contribution >= 4 is 45.8 Å². The van der Waals surface area contributed by atoms with Crippen molar-refractivity contribution in [3.05, 3.63) is 40.3 Å². The predicted octanol–water partition coefficient (Wildman–Crippen LogP) is 5.39. The maximum atomic E-state index is 17.8. The van der Waals surface area contributed by atoms with Crippen molar-refractivity contribution < 1.29 is 32.7 Å². The first-order valence-electron chi connectivity index (χ1n) is 13.2. The molecule has 0 aromatic carbocycles. The highest BCUT2D eigenvalue weighted by atomic mass is 32.2. The Morgan fingerprint density at radius 1 is 1.28 bits per heavy atom. The Kier molecular flexibility index (Phi) is 6.80. The third kappa shape index (κ3) is 3.52. The summed E-state index contributed by atoms with van der Waals surface area (Å²) < 4.78 is 48.6. The first-order valence-corrected chi connectivity index (χ1v) is 16.3. The number of carbonyl (C=O) groups excluding carboxylic acids is 2. The van der Waals surface area contributed by atoms with Crippen molar-refractivity contribution in [2.45, 2.75) is 67.3 Å². The molecule has 0 bridgehead atoms. The number of hydrogen-bond acceptors (Lipinski definition) is 8. The number of halogens is 3. The lowest BCUT2D eigenvalue weighted by molar-refractivity contribution is -0.230. The number of fused-ring (bicyclic) bond motifs is 7. The quantitative estimate of drug-likeness (QED) is 0.440. The van der Waals surface area contributed by atoms with Crippen LogP contribution in [0.5, 0.6) is 0 Å². The van der Waals surface area contributed by atoms with E-state index >= 15 is 8.78 Å². The number of hydroxylamine groups is 1. The van der Waals surface area contributed by atoms with Crippen LogP contribution >= 0.6 is 34.9 Å². The van der Waals surface area contributed by atoms with E-state index in [1.165, 1.54) is 23.5 Å². The summed E-state index contributed by atoms with van der Waals surface area (Å²) in [5.74, 6) is -2.08. The second-order valence-electron chi connectivity index (χ2n) is 11.9. The van der Waals surface area contributed by atoms with Crippen LogP contribution in [0, 0.1) is 28.6 Å². The van der Waals surface area contributed by atoms with E-state index in [1.54, 1.807) is 25.6 Å². The van der Waals surface area contributed by atoms with Gasteiger partial charge in [0, 0.05) is 46.1 Å². The first-order chi connectivity index (χ1) is 18.5. The first kappa shape index (κ1) is 28.0. The molecule has 0 spiro atoms. The van der Waals surface area contributed by atoms with Crippen LogP contribution in [0.25, 0.3) is 0 Å². The Morgan fingerprint density at radius 2 is 2.05 bits per heavy atom. The normalized spacial score (nSPS) is 44.7. The van der Waals surface area contributed by atoms with Gasteiger partial charge in [-0.2, -0.15) is 0 Å². The molecular weight excluding hydrogens is 568 g/mol. The van der Waals surface area contributed by atoms with E-state index in [4.69, 9.17) is 4.84 Å². The number of ketones is 1. The number of alkyl halides is 3. The van der Waals surface area contributed by atoms with E-state index < -0.39 is 57.3 Å². The molecule has 4 aliphatic carbocycles. The van der Waals surface area contributed by atoms with Gasteiger partial charge in [0.2, 0.25) is 5.12 Å². The second kappa shape index (κ2) is 9.46. The third-order valence-electron chi connectivity index (χ3n) is 10.5. The van der Waals surface area contributed by atoms with Gasteiger partial charge in [0.1, 0.15) is 12.2 Å². The molecule has 6 rings (SSSR count).